The monoisotopic (exact) mass is 462 g/mol. The average molecular weight is 463 g/mol. The largest absolute Gasteiger partial charge is 0.351 e. The van der Waals surface area contributed by atoms with Gasteiger partial charge in [0.05, 0.1) is 17.8 Å². The number of nitrogens with one attached hydrogen (secondary N) is 1. The summed E-state index contributed by atoms with van der Waals surface area (Å²) in [6.07, 6.45) is 8.23. The molecule has 1 aromatic carbocycles. The molecule has 33 heavy (non-hydrogen) atoms. The molecular formula is C27H31FN4S. The van der Waals surface area contributed by atoms with Crippen LogP contribution >= 0.6 is 12.2 Å². The highest BCUT2D eigenvalue weighted by atomic mass is 32.1. The molecule has 2 aliphatic rings. The summed E-state index contributed by atoms with van der Waals surface area (Å²) in [6.45, 7) is 6.25. The number of thiocarbonyl (C=S) groups is 1. The number of anilines is 1. The van der Waals surface area contributed by atoms with Crippen molar-refractivity contribution in [3.8, 4) is 0 Å². The molecule has 1 aliphatic heterocycles. The molecule has 0 spiro atoms. The number of halogens is 1. The van der Waals surface area contributed by atoms with E-state index in [9.17, 15) is 4.39 Å². The lowest BCUT2D eigenvalue weighted by molar-refractivity contribution is 0.345. The highest BCUT2D eigenvalue weighted by Gasteiger charge is 2.42. The standard InChI is InChI=1S/C27H31FN4S/c1-17-15-21(12-13-23(17)28)32-26(25(30-27(32)33)24-11-7-8-14-29-24)22-16-18(2)31(19(22)3)20-9-5-4-6-10-20/h7-8,11-16,20,25-26H,4-6,9-10H2,1-3H3,(H,30,33). The molecule has 1 saturated carbocycles. The van der Waals surface area contributed by atoms with Crippen molar-refractivity contribution in [2.45, 2.75) is 71.0 Å². The molecule has 1 aliphatic carbocycles. The number of benzene rings is 1. The first-order valence-electron chi connectivity index (χ1n) is 11.9. The summed E-state index contributed by atoms with van der Waals surface area (Å²) >= 11 is 5.85. The second kappa shape index (κ2) is 8.90. The van der Waals surface area contributed by atoms with Gasteiger partial charge in [0, 0.05) is 29.3 Å². The van der Waals surface area contributed by atoms with E-state index < -0.39 is 0 Å². The number of aromatic nitrogens is 2. The van der Waals surface area contributed by atoms with Crippen molar-refractivity contribution in [3.63, 3.8) is 0 Å². The summed E-state index contributed by atoms with van der Waals surface area (Å²) in [4.78, 5) is 6.81. The van der Waals surface area contributed by atoms with Crippen molar-refractivity contribution >= 4 is 23.0 Å². The maximum Gasteiger partial charge on any atom is 0.174 e. The van der Waals surface area contributed by atoms with E-state index in [2.05, 4.69) is 39.7 Å². The van der Waals surface area contributed by atoms with Gasteiger partial charge in [-0.15, -0.1) is 0 Å². The Kier molecular flexibility index (Phi) is 5.95. The number of pyridine rings is 1. The third kappa shape index (κ3) is 3.95. The van der Waals surface area contributed by atoms with E-state index in [0.717, 1.165) is 11.4 Å². The molecule has 2 atom stereocenters. The number of hydrogen-bond acceptors (Lipinski definition) is 2. The van der Waals surface area contributed by atoms with Gasteiger partial charge < -0.3 is 14.8 Å². The fourth-order valence-corrected chi connectivity index (χ4v) is 6.08. The van der Waals surface area contributed by atoms with E-state index >= 15 is 0 Å². The van der Waals surface area contributed by atoms with Gasteiger partial charge in [-0.1, -0.05) is 25.3 Å². The molecule has 3 heterocycles. The second-order valence-electron chi connectivity index (χ2n) is 9.42. The van der Waals surface area contributed by atoms with Crippen molar-refractivity contribution in [2.24, 2.45) is 0 Å². The first-order chi connectivity index (χ1) is 16.0. The maximum absolute atomic E-state index is 14.1. The average Bonchev–Trinajstić information content (AvgIpc) is 3.32. The molecule has 2 aromatic heterocycles. The number of aryl methyl sites for hydroxylation is 2. The summed E-state index contributed by atoms with van der Waals surface area (Å²) in [5.74, 6) is -0.204. The van der Waals surface area contributed by atoms with Gasteiger partial charge in [0.1, 0.15) is 5.82 Å². The Balaban J connectivity index is 1.64. The maximum atomic E-state index is 14.1. The third-order valence-corrected chi connectivity index (χ3v) is 7.61. The van der Waals surface area contributed by atoms with Crippen molar-refractivity contribution < 1.29 is 4.39 Å². The predicted octanol–water partition coefficient (Wildman–Crippen LogP) is 6.63. The molecule has 0 bridgehead atoms. The van der Waals surface area contributed by atoms with Gasteiger partial charge in [0.15, 0.2) is 5.11 Å². The summed E-state index contributed by atoms with van der Waals surface area (Å²) in [6, 6.07) is 14.0. The molecule has 0 radical (unpaired) electrons. The zero-order valence-corrected chi connectivity index (χ0v) is 20.3. The van der Waals surface area contributed by atoms with Gasteiger partial charge in [0.2, 0.25) is 0 Å². The van der Waals surface area contributed by atoms with Crippen LogP contribution in [0.25, 0.3) is 0 Å². The highest BCUT2D eigenvalue weighted by molar-refractivity contribution is 7.80. The minimum atomic E-state index is -0.204. The number of rotatable bonds is 4. The SMILES string of the molecule is Cc1cc(N2C(=S)NC(c3ccccn3)C2c2cc(C)n(C3CCCCC3)c2C)ccc1F. The number of hydrogen-bond donors (Lipinski definition) is 1. The van der Waals surface area contributed by atoms with Crippen LogP contribution in [0.1, 0.15) is 78.4 Å². The van der Waals surface area contributed by atoms with E-state index in [-0.39, 0.29) is 17.9 Å². The predicted molar refractivity (Wildman–Crippen MR) is 135 cm³/mol. The first kappa shape index (κ1) is 22.1. The Hall–Kier alpha value is -2.73. The molecule has 5 rings (SSSR count). The third-order valence-electron chi connectivity index (χ3n) is 7.30. The molecule has 2 fully saturated rings. The fourth-order valence-electron chi connectivity index (χ4n) is 5.73. The van der Waals surface area contributed by atoms with Gasteiger partial charge >= 0.3 is 0 Å². The summed E-state index contributed by atoms with van der Waals surface area (Å²) in [5.41, 5.74) is 6.31. The Labute approximate surface area is 200 Å². The van der Waals surface area contributed by atoms with Crippen LogP contribution in [0.4, 0.5) is 10.1 Å². The Morgan fingerprint density at radius 3 is 2.52 bits per heavy atom. The summed E-state index contributed by atoms with van der Waals surface area (Å²) < 4.78 is 16.6. The van der Waals surface area contributed by atoms with Crippen LogP contribution in [-0.2, 0) is 0 Å². The van der Waals surface area contributed by atoms with Crippen LogP contribution in [0, 0.1) is 26.6 Å². The molecular weight excluding hydrogens is 431 g/mol. The minimum absolute atomic E-state index is 0.0687. The summed E-state index contributed by atoms with van der Waals surface area (Å²) in [7, 11) is 0. The van der Waals surface area contributed by atoms with E-state index in [1.807, 2.05) is 36.5 Å². The number of nitrogens with zero attached hydrogens (tertiary/aromatic N) is 3. The molecule has 6 heteroatoms. The lowest BCUT2D eigenvalue weighted by Gasteiger charge is -2.30. The van der Waals surface area contributed by atoms with E-state index in [1.54, 1.807) is 6.92 Å². The highest BCUT2D eigenvalue weighted by Crippen LogP contribution is 2.44. The topological polar surface area (TPSA) is 33.1 Å². The molecule has 172 valence electrons. The molecule has 4 nitrogen and oxygen atoms in total. The lowest BCUT2D eigenvalue weighted by atomic mass is 9.94. The van der Waals surface area contributed by atoms with E-state index in [0.29, 0.717) is 16.7 Å². The molecule has 0 amide bonds. The van der Waals surface area contributed by atoms with E-state index in [1.165, 1.54) is 55.1 Å². The fraction of sp³-hybridized carbons (Fsp3) is 0.407. The van der Waals surface area contributed by atoms with Crippen LogP contribution < -0.4 is 10.2 Å². The Morgan fingerprint density at radius 2 is 1.82 bits per heavy atom. The molecule has 1 saturated heterocycles. The van der Waals surface area contributed by atoms with Crippen LogP contribution in [0.2, 0.25) is 0 Å². The minimum Gasteiger partial charge on any atom is -0.351 e. The van der Waals surface area contributed by atoms with Gasteiger partial charge in [-0.25, -0.2) is 4.39 Å². The van der Waals surface area contributed by atoms with Crippen molar-refractivity contribution in [1.82, 2.24) is 14.9 Å². The first-order valence-corrected chi connectivity index (χ1v) is 12.3. The Bertz CT molecular complexity index is 1170. The van der Waals surface area contributed by atoms with Gasteiger partial charge in [0.25, 0.3) is 0 Å². The molecule has 3 aromatic rings. The van der Waals surface area contributed by atoms with Crippen LogP contribution in [-0.4, -0.2) is 14.7 Å². The van der Waals surface area contributed by atoms with E-state index in [4.69, 9.17) is 12.2 Å². The lowest BCUT2D eigenvalue weighted by Crippen LogP contribution is -2.29. The van der Waals surface area contributed by atoms with Crippen molar-refractivity contribution in [2.75, 3.05) is 4.90 Å². The van der Waals surface area contributed by atoms with Crippen LogP contribution in [0.15, 0.2) is 48.7 Å². The Morgan fingerprint density at radius 1 is 1.03 bits per heavy atom. The second-order valence-corrected chi connectivity index (χ2v) is 9.81. The molecule has 1 N–H and O–H groups in total. The van der Waals surface area contributed by atoms with Crippen LogP contribution in [0.3, 0.4) is 0 Å². The zero-order valence-electron chi connectivity index (χ0n) is 19.5. The van der Waals surface area contributed by atoms with Crippen LogP contribution in [0.5, 0.6) is 0 Å². The quantitative estimate of drug-likeness (QED) is 0.441. The van der Waals surface area contributed by atoms with Crippen molar-refractivity contribution in [1.29, 1.82) is 0 Å². The zero-order chi connectivity index (χ0) is 23.1. The van der Waals surface area contributed by atoms with Gasteiger partial charge in [-0.2, -0.15) is 0 Å². The van der Waals surface area contributed by atoms with Crippen molar-refractivity contribution in [3.05, 3.63) is 82.7 Å². The van der Waals surface area contributed by atoms with Gasteiger partial charge in [-0.05, 0) is 93.4 Å². The molecule has 2 unspecified atom stereocenters. The summed E-state index contributed by atoms with van der Waals surface area (Å²) in [5, 5.41) is 4.17. The normalized spacial score (nSPS) is 21.5. The van der Waals surface area contributed by atoms with Gasteiger partial charge in [-0.3, -0.25) is 4.98 Å². The smallest absolute Gasteiger partial charge is 0.174 e.